The summed E-state index contributed by atoms with van der Waals surface area (Å²) in [5.74, 6) is 1.24. The second-order valence-corrected chi connectivity index (χ2v) is 12.0. The molecule has 0 unspecified atom stereocenters. The van der Waals surface area contributed by atoms with Gasteiger partial charge in [0.25, 0.3) is 5.91 Å². The highest BCUT2D eigenvalue weighted by atomic mass is 35.5. The number of hydrogen-bond donors (Lipinski definition) is 0. The number of amides is 2. The van der Waals surface area contributed by atoms with Gasteiger partial charge in [-0.05, 0) is 55.2 Å². The second-order valence-electron chi connectivity index (χ2n) is 11.6. The van der Waals surface area contributed by atoms with E-state index < -0.39 is 0 Å². The number of hydrogen-bond acceptors (Lipinski definition) is 4. The highest BCUT2D eigenvalue weighted by Crippen LogP contribution is 2.35. The van der Waals surface area contributed by atoms with Gasteiger partial charge in [0, 0.05) is 51.2 Å². The molecule has 1 aliphatic carbocycles. The van der Waals surface area contributed by atoms with Crippen LogP contribution in [-0.2, 0) is 4.74 Å². The van der Waals surface area contributed by atoms with Gasteiger partial charge in [-0.15, -0.1) is 0 Å². The third-order valence-corrected chi connectivity index (χ3v) is 9.47. The molecule has 2 aliphatic heterocycles. The molecule has 2 atom stereocenters. The van der Waals surface area contributed by atoms with E-state index in [1.807, 2.05) is 34.1 Å². The van der Waals surface area contributed by atoms with Crippen molar-refractivity contribution in [3.05, 3.63) is 70.7 Å². The summed E-state index contributed by atoms with van der Waals surface area (Å²) in [5, 5.41) is 0.507. The molecule has 2 aromatic carbocycles. The van der Waals surface area contributed by atoms with Crippen LogP contribution < -0.4 is 0 Å². The zero-order valence-corrected chi connectivity index (χ0v) is 23.9. The molecular weight excluding hydrogens is 510 g/mol. The van der Waals surface area contributed by atoms with E-state index in [1.54, 1.807) is 6.07 Å². The minimum absolute atomic E-state index is 0.0131. The topological polar surface area (TPSA) is 53.1 Å². The fraction of sp³-hybridized carbons (Fsp3) is 0.562. The van der Waals surface area contributed by atoms with Crippen molar-refractivity contribution in [3.8, 4) is 0 Å². The van der Waals surface area contributed by atoms with Gasteiger partial charge in [-0.1, -0.05) is 73.3 Å². The van der Waals surface area contributed by atoms with Gasteiger partial charge in [0.2, 0.25) is 0 Å². The van der Waals surface area contributed by atoms with Crippen LogP contribution in [0.25, 0.3) is 0 Å². The number of rotatable bonds is 7. The normalized spacial score (nSPS) is 23.1. The van der Waals surface area contributed by atoms with E-state index >= 15 is 0 Å². The number of piperidine rings is 1. The maximum absolute atomic E-state index is 13.4. The first-order valence-corrected chi connectivity index (χ1v) is 15.1. The smallest absolute Gasteiger partial charge is 0.409 e. The summed E-state index contributed by atoms with van der Waals surface area (Å²) in [7, 11) is 1.50. The summed E-state index contributed by atoms with van der Waals surface area (Å²) < 4.78 is 5.21. The molecule has 3 fully saturated rings. The molecule has 0 aromatic heterocycles. The maximum atomic E-state index is 13.4. The first-order chi connectivity index (χ1) is 19.0. The molecule has 0 spiro atoms. The highest BCUT2D eigenvalue weighted by Gasteiger charge is 2.39. The lowest BCUT2D eigenvalue weighted by atomic mass is 9.87. The summed E-state index contributed by atoms with van der Waals surface area (Å²) >= 11 is 6.38. The molecule has 2 heterocycles. The molecule has 0 bridgehead atoms. The number of carbonyl (C=O) groups is 2. The Morgan fingerprint density at radius 2 is 1.62 bits per heavy atom. The van der Waals surface area contributed by atoms with Gasteiger partial charge in [-0.3, -0.25) is 4.79 Å². The molecule has 2 saturated heterocycles. The fourth-order valence-electron chi connectivity index (χ4n) is 6.99. The van der Waals surface area contributed by atoms with Crippen LogP contribution in [0.15, 0.2) is 54.6 Å². The molecule has 0 N–H and O–H groups in total. The number of carbonyl (C=O) groups excluding carboxylic acids is 2. The SMILES string of the molecule is COC(=O)N(CC1CCCCC1)C1CCN(C[C@H]2CN(C(=O)c3ccccc3Cl)C[C@@H]2c2ccccc2)CC1. The zero-order chi connectivity index (χ0) is 27.2. The third-order valence-electron chi connectivity index (χ3n) is 9.14. The van der Waals surface area contributed by atoms with E-state index in [1.165, 1.54) is 44.8 Å². The quantitative estimate of drug-likeness (QED) is 0.405. The van der Waals surface area contributed by atoms with E-state index in [2.05, 4.69) is 29.2 Å². The van der Waals surface area contributed by atoms with Crippen LogP contribution >= 0.6 is 11.6 Å². The number of likely N-dealkylation sites (tertiary alicyclic amines) is 2. The van der Waals surface area contributed by atoms with E-state index in [9.17, 15) is 9.59 Å². The van der Waals surface area contributed by atoms with Crippen LogP contribution in [0, 0.1) is 11.8 Å². The van der Waals surface area contributed by atoms with Crippen LogP contribution in [0.1, 0.15) is 66.8 Å². The van der Waals surface area contributed by atoms with E-state index in [0.717, 1.165) is 45.6 Å². The Labute approximate surface area is 238 Å². The predicted octanol–water partition coefficient (Wildman–Crippen LogP) is 6.31. The van der Waals surface area contributed by atoms with Gasteiger partial charge in [-0.2, -0.15) is 0 Å². The highest BCUT2D eigenvalue weighted by molar-refractivity contribution is 6.33. The Morgan fingerprint density at radius 3 is 2.31 bits per heavy atom. The monoisotopic (exact) mass is 551 g/mol. The molecule has 2 amide bonds. The van der Waals surface area contributed by atoms with E-state index in [4.69, 9.17) is 16.3 Å². The van der Waals surface area contributed by atoms with Crippen molar-refractivity contribution in [2.24, 2.45) is 11.8 Å². The van der Waals surface area contributed by atoms with Gasteiger partial charge in [-0.25, -0.2) is 4.79 Å². The van der Waals surface area contributed by atoms with Crippen molar-refractivity contribution in [1.29, 1.82) is 0 Å². The Kier molecular flexibility index (Phi) is 9.46. The van der Waals surface area contributed by atoms with Gasteiger partial charge in [0.1, 0.15) is 0 Å². The summed E-state index contributed by atoms with van der Waals surface area (Å²) in [6.45, 7) is 5.11. The van der Waals surface area contributed by atoms with Gasteiger partial charge < -0.3 is 19.4 Å². The van der Waals surface area contributed by atoms with Gasteiger partial charge >= 0.3 is 6.09 Å². The third kappa shape index (κ3) is 6.78. The molecule has 6 nitrogen and oxygen atoms in total. The van der Waals surface area contributed by atoms with Gasteiger partial charge in [0.15, 0.2) is 0 Å². The van der Waals surface area contributed by atoms with Crippen molar-refractivity contribution < 1.29 is 14.3 Å². The summed E-state index contributed by atoms with van der Waals surface area (Å²) in [5.41, 5.74) is 1.87. The molecule has 0 radical (unpaired) electrons. The number of nitrogens with zero attached hydrogens (tertiary/aromatic N) is 3. The minimum Gasteiger partial charge on any atom is -0.453 e. The molecule has 7 heteroatoms. The number of halogens is 1. The molecule has 210 valence electrons. The standard InChI is InChI=1S/C32H42ClN3O3/c1-39-32(38)36(20-24-10-4-2-5-11-24)27-16-18-34(19-17-27)21-26-22-35(23-29(26)25-12-6-3-7-13-25)31(37)28-14-8-9-15-30(28)33/h3,6-9,12-15,24,26-27,29H,2,4-5,10-11,16-23H2,1H3/t26-,29+/m0/s1. The second kappa shape index (κ2) is 13.2. The maximum Gasteiger partial charge on any atom is 0.409 e. The van der Waals surface area contributed by atoms with Crippen LogP contribution in [0.4, 0.5) is 4.79 Å². The Morgan fingerprint density at radius 1 is 0.923 bits per heavy atom. The number of methoxy groups -OCH3 is 1. The molecule has 1 saturated carbocycles. The summed E-state index contributed by atoms with van der Waals surface area (Å²) in [6.07, 6.45) is 8.07. The zero-order valence-electron chi connectivity index (χ0n) is 23.1. The Hall–Kier alpha value is -2.57. The predicted molar refractivity (Wildman–Crippen MR) is 155 cm³/mol. The average molecular weight is 552 g/mol. The lowest BCUT2D eigenvalue weighted by Gasteiger charge is -2.40. The Bertz CT molecular complexity index is 1100. The molecule has 39 heavy (non-hydrogen) atoms. The van der Waals surface area contributed by atoms with Crippen LogP contribution in [0.5, 0.6) is 0 Å². The van der Waals surface area contributed by atoms with Crippen LogP contribution in [0.3, 0.4) is 0 Å². The summed E-state index contributed by atoms with van der Waals surface area (Å²) in [4.78, 5) is 32.7. The Balaban J connectivity index is 1.23. The molecular formula is C32H42ClN3O3. The van der Waals surface area contributed by atoms with Crippen molar-refractivity contribution in [3.63, 3.8) is 0 Å². The largest absolute Gasteiger partial charge is 0.453 e. The first kappa shape index (κ1) is 28.0. The molecule has 5 rings (SSSR count). The van der Waals surface area contributed by atoms with Crippen molar-refractivity contribution in [2.45, 2.75) is 56.9 Å². The average Bonchev–Trinajstić information content (AvgIpc) is 3.40. The first-order valence-electron chi connectivity index (χ1n) is 14.7. The molecule has 2 aromatic rings. The van der Waals surface area contributed by atoms with Crippen molar-refractivity contribution in [1.82, 2.24) is 14.7 Å². The minimum atomic E-state index is -0.173. The summed E-state index contributed by atoms with van der Waals surface area (Å²) in [6, 6.07) is 18.2. The lowest BCUT2D eigenvalue weighted by molar-refractivity contribution is 0.0619. The fourth-order valence-corrected chi connectivity index (χ4v) is 7.20. The van der Waals surface area contributed by atoms with Crippen LogP contribution in [-0.4, -0.2) is 79.1 Å². The number of benzene rings is 2. The van der Waals surface area contributed by atoms with Crippen molar-refractivity contribution in [2.75, 3.05) is 46.4 Å². The van der Waals surface area contributed by atoms with Gasteiger partial charge in [0.05, 0.1) is 17.7 Å². The van der Waals surface area contributed by atoms with E-state index in [-0.39, 0.29) is 24.0 Å². The lowest BCUT2D eigenvalue weighted by Crippen LogP contribution is -2.50. The van der Waals surface area contributed by atoms with Crippen LogP contribution in [0.2, 0.25) is 5.02 Å². The van der Waals surface area contributed by atoms with E-state index in [0.29, 0.717) is 29.0 Å². The van der Waals surface area contributed by atoms with Crippen molar-refractivity contribution >= 4 is 23.6 Å². The number of ether oxygens (including phenoxy) is 1. The molecule has 3 aliphatic rings.